The number of carbonyl (C=O) groups is 1. The van der Waals surface area contributed by atoms with Gasteiger partial charge in [0.15, 0.2) is 0 Å². The van der Waals surface area contributed by atoms with E-state index < -0.39 is 38.1 Å². The van der Waals surface area contributed by atoms with Crippen LogP contribution in [-0.2, 0) is 20.0 Å². The average molecular weight is 608 g/mol. The molecule has 2 aromatic carbocycles. The molecule has 1 amide bonds. The largest absolute Gasteiger partial charge is 0.488 e. The molecule has 0 saturated heterocycles. The number of nitrogens with one attached hydrogen (secondary N) is 1. The summed E-state index contributed by atoms with van der Waals surface area (Å²) in [6, 6.07) is 13.4. The van der Waals surface area contributed by atoms with Gasteiger partial charge in [-0.15, -0.1) is 11.3 Å². The lowest BCUT2D eigenvalue weighted by molar-refractivity contribution is 0.0387. The third-order valence-electron chi connectivity index (χ3n) is 6.84. The second-order valence-electron chi connectivity index (χ2n) is 9.97. The summed E-state index contributed by atoms with van der Waals surface area (Å²) < 4.78 is 62.3. The van der Waals surface area contributed by atoms with Crippen molar-refractivity contribution < 1.29 is 31.5 Å². The summed E-state index contributed by atoms with van der Waals surface area (Å²) in [5, 5.41) is 11.6. The Balaban J connectivity index is 1.68. The number of hydrogen-bond donors (Lipinski definition) is 2. The SMILES string of the molecule is Cc1ccc(S(=O)(=O)Nc2ccc3c(c2)C(=O)N([C@@H](C)CO)C[C@H](C)[C@@H](CN(C)S(=O)(=O)c2cccs2)O3)cc1. The molecule has 13 heteroatoms. The molecule has 0 bridgehead atoms. The van der Waals surface area contributed by atoms with Crippen LogP contribution in [-0.4, -0.2) is 75.9 Å². The van der Waals surface area contributed by atoms with Crippen LogP contribution in [0.15, 0.2) is 69.1 Å². The quantitative estimate of drug-likeness (QED) is 0.381. The number of sulfonamides is 2. The lowest BCUT2D eigenvalue weighted by atomic mass is 9.99. The molecule has 1 aromatic heterocycles. The van der Waals surface area contributed by atoms with Crippen molar-refractivity contribution in [2.45, 2.75) is 42.0 Å². The van der Waals surface area contributed by atoms with Crippen LogP contribution < -0.4 is 9.46 Å². The number of thiophene rings is 1. The van der Waals surface area contributed by atoms with E-state index in [1.54, 1.807) is 30.5 Å². The number of aliphatic hydroxyl groups is 1. The van der Waals surface area contributed by atoms with E-state index >= 15 is 0 Å². The van der Waals surface area contributed by atoms with E-state index in [-0.39, 0.29) is 51.7 Å². The highest BCUT2D eigenvalue weighted by Gasteiger charge is 2.35. The monoisotopic (exact) mass is 607 g/mol. The Morgan fingerprint density at radius 1 is 1.15 bits per heavy atom. The van der Waals surface area contributed by atoms with Crippen LogP contribution in [0.4, 0.5) is 5.69 Å². The fourth-order valence-electron chi connectivity index (χ4n) is 4.35. The molecule has 3 atom stereocenters. The Morgan fingerprint density at radius 3 is 2.48 bits per heavy atom. The Hall–Kier alpha value is -2.97. The van der Waals surface area contributed by atoms with E-state index in [0.29, 0.717) is 0 Å². The fraction of sp³-hybridized carbons (Fsp3) is 0.370. The van der Waals surface area contributed by atoms with Gasteiger partial charge in [-0.25, -0.2) is 16.8 Å². The molecule has 0 unspecified atom stereocenters. The van der Waals surface area contributed by atoms with Crippen molar-refractivity contribution in [3.05, 3.63) is 71.1 Å². The summed E-state index contributed by atoms with van der Waals surface area (Å²) in [5.74, 6) is -0.540. The van der Waals surface area contributed by atoms with Gasteiger partial charge in [-0.1, -0.05) is 30.7 Å². The molecule has 0 saturated carbocycles. The van der Waals surface area contributed by atoms with Crippen LogP contribution >= 0.6 is 11.3 Å². The highest BCUT2D eigenvalue weighted by atomic mass is 32.2. The molecule has 10 nitrogen and oxygen atoms in total. The minimum absolute atomic E-state index is 0.0121. The van der Waals surface area contributed by atoms with Gasteiger partial charge in [0.25, 0.3) is 26.0 Å². The van der Waals surface area contributed by atoms with E-state index in [0.717, 1.165) is 16.9 Å². The van der Waals surface area contributed by atoms with Gasteiger partial charge in [0.05, 0.1) is 29.7 Å². The van der Waals surface area contributed by atoms with Crippen molar-refractivity contribution in [2.24, 2.45) is 5.92 Å². The number of aryl methyl sites for hydroxylation is 1. The van der Waals surface area contributed by atoms with Crippen molar-refractivity contribution in [1.29, 1.82) is 0 Å². The van der Waals surface area contributed by atoms with Crippen molar-refractivity contribution in [3.8, 4) is 5.75 Å². The number of fused-ring (bicyclic) bond motifs is 1. The number of rotatable bonds is 9. The number of aliphatic hydroxyl groups excluding tert-OH is 1. The van der Waals surface area contributed by atoms with Gasteiger partial charge < -0.3 is 14.7 Å². The van der Waals surface area contributed by atoms with E-state index in [1.807, 2.05) is 13.8 Å². The zero-order valence-electron chi connectivity index (χ0n) is 22.6. The predicted octanol–water partition coefficient (Wildman–Crippen LogP) is 3.40. The maximum absolute atomic E-state index is 13.7. The molecule has 2 heterocycles. The number of amides is 1. The highest BCUT2D eigenvalue weighted by molar-refractivity contribution is 7.92. The van der Waals surface area contributed by atoms with Crippen LogP contribution in [0.3, 0.4) is 0 Å². The Bertz CT molecular complexity index is 1560. The Labute approximate surface area is 239 Å². The maximum atomic E-state index is 13.7. The summed E-state index contributed by atoms with van der Waals surface area (Å²) in [6.45, 7) is 5.34. The first-order chi connectivity index (χ1) is 18.8. The smallest absolute Gasteiger partial charge is 0.261 e. The van der Waals surface area contributed by atoms with Crippen molar-refractivity contribution in [3.63, 3.8) is 0 Å². The van der Waals surface area contributed by atoms with Gasteiger partial charge in [0.1, 0.15) is 16.1 Å². The van der Waals surface area contributed by atoms with Crippen molar-refractivity contribution in [1.82, 2.24) is 9.21 Å². The maximum Gasteiger partial charge on any atom is 0.261 e. The normalized spacial score (nSPS) is 18.9. The summed E-state index contributed by atoms with van der Waals surface area (Å²) in [6.07, 6.45) is -0.643. The average Bonchev–Trinajstić information content (AvgIpc) is 3.47. The molecule has 0 radical (unpaired) electrons. The number of nitrogens with zero attached hydrogens (tertiary/aromatic N) is 2. The molecule has 3 aromatic rings. The molecule has 0 spiro atoms. The van der Waals surface area contributed by atoms with Gasteiger partial charge in [0.2, 0.25) is 0 Å². The second kappa shape index (κ2) is 11.9. The summed E-state index contributed by atoms with van der Waals surface area (Å²) >= 11 is 1.12. The number of hydrogen-bond acceptors (Lipinski definition) is 8. The highest BCUT2D eigenvalue weighted by Crippen LogP contribution is 2.32. The molecule has 216 valence electrons. The lowest BCUT2D eigenvalue weighted by Gasteiger charge is -2.38. The second-order valence-corrected chi connectivity index (χ2v) is 14.9. The molecule has 0 fully saturated rings. The molecule has 4 rings (SSSR count). The number of anilines is 1. The lowest BCUT2D eigenvalue weighted by Crippen LogP contribution is -2.50. The zero-order chi connectivity index (χ0) is 29.2. The van der Waals surface area contributed by atoms with Gasteiger partial charge in [0, 0.05) is 25.2 Å². The van der Waals surface area contributed by atoms with Crippen molar-refractivity contribution >= 4 is 43.0 Å². The van der Waals surface area contributed by atoms with E-state index in [9.17, 15) is 26.7 Å². The molecule has 1 aliphatic heterocycles. The third kappa shape index (κ3) is 6.33. The third-order valence-corrected chi connectivity index (χ3v) is 11.4. The van der Waals surface area contributed by atoms with Gasteiger partial charge in [-0.3, -0.25) is 9.52 Å². The molecular weight excluding hydrogens is 575 g/mol. The molecule has 0 aliphatic carbocycles. The molecule has 40 heavy (non-hydrogen) atoms. The van der Waals surface area contributed by atoms with E-state index in [1.165, 1.54) is 52.7 Å². The van der Waals surface area contributed by atoms with Crippen molar-refractivity contribution in [2.75, 3.05) is 31.5 Å². The van der Waals surface area contributed by atoms with Crippen LogP contribution in [0.2, 0.25) is 0 Å². The summed E-state index contributed by atoms with van der Waals surface area (Å²) in [4.78, 5) is 15.2. The van der Waals surface area contributed by atoms with E-state index in [2.05, 4.69) is 4.72 Å². The molecular formula is C27H33N3O7S3. The summed E-state index contributed by atoms with van der Waals surface area (Å²) in [7, 11) is -6.19. The minimum Gasteiger partial charge on any atom is -0.488 e. The Kier molecular flexibility index (Phi) is 8.90. The predicted molar refractivity (Wildman–Crippen MR) is 154 cm³/mol. The number of carbonyl (C=O) groups excluding carboxylic acids is 1. The van der Waals surface area contributed by atoms with Crippen LogP contribution in [0, 0.1) is 12.8 Å². The van der Waals surface area contributed by atoms with Crippen LogP contribution in [0.25, 0.3) is 0 Å². The Morgan fingerprint density at radius 2 is 1.85 bits per heavy atom. The zero-order valence-corrected chi connectivity index (χ0v) is 25.1. The number of ether oxygens (including phenoxy) is 1. The first kappa shape index (κ1) is 30.0. The van der Waals surface area contributed by atoms with Gasteiger partial charge in [-0.05, 0) is 55.6 Å². The number of likely N-dealkylation sites (N-methyl/N-ethyl adjacent to an activating group) is 1. The minimum atomic E-state index is -3.93. The van der Waals surface area contributed by atoms with Gasteiger partial charge in [-0.2, -0.15) is 4.31 Å². The van der Waals surface area contributed by atoms with Crippen LogP contribution in [0.5, 0.6) is 5.75 Å². The molecule has 2 N–H and O–H groups in total. The topological polar surface area (TPSA) is 133 Å². The first-order valence-corrected chi connectivity index (χ1v) is 16.5. The first-order valence-electron chi connectivity index (χ1n) is 12.7. The number of benzene rings is 2. The fourth-order valence-corrected chi connectivity index (χ4v) is 7.78. The summed E-state index contributed by atoms with van der Waals surface area (Å²) in [5.41, 5.74) is 1.18. The van der Waals surface area contributed by atoms with Gasteiger partial charge >= 0.3 is 0 Å². The van der Waals surface area contributed by atoms with Crippen LogP contribution in [0.1, 0.15) is 29.8 Å². The van der Waals surface area contributed by atoms with E-state index in [4.69, 9.17) is 4.74 Å². The standard InChI is InChI=1S/C27H33N3O7S3/c1-18-7-10-22(11-8-18)39(33,34)28-21-9-12-24-23(14-21)27(32)30(20(3)17-31)15-19(2)25(37-24)16-29(4)40(35,36)26-6-5-13-38-26/h5-14,19-20,25,28,31H,15-17H2,1-4H3/t19-,20-,25+/m0/s1. The molecule has 1 aliphatic rings.